The van der Waals surface area contributed by atoms with Gasteiger partial charge in [-0.1, -0.05) is 30.3 Å². The van der Waals surface area contributed by atoms with E-state index in [1.165, 1.54) is 0 Å². The largest absolute Gasteiger partial charge is 0.485 e. The van der Waals surface area contributed by atoms with Crippen LogP contribution in [0.25, 0.3) is 10.9 Å². The lowest BCUT2D eigenvalue weighted by atomic mass is 10.2. The Labute approximate surface area is 155 Å². The molecule has 1 atom stereocenters. The third kappa shape index (κ3) is 3.44. The standard InChI is InChI=1S/C20H19N3O4/c1-13-10-14-6-2-3-7-15(14)23(13)11-19(24)21-22-20(25)18-12-26-16-8-4-5-9-17(16)27-18/h2-10,18H,11-12H2,1H3,(H,21,24)(H,22,25)/t18-/m1/s1. The molecular formula is C20H19N3O4. The fraction of sp³-hybridized carbons (Fsp3) is 0.200. The number of hydrogen-bond acceptors (Lipinski definition) is 4. The molecule has 2 amide bonds. The van der Waals surface area contributed by atoms with Gasteiger partial charge in [-0.3, -0.25) is 20.4 Å². The summed E-state index contributed by atoms with van der Waals surface area (Å²) in [4.78, 5) is 24.5. The van der Waals surface area contributed by atoms with E-state index in [0.29, 0.717) is 11.5 Å². The minimum absolute atomic E-state index is 0.0834. The van der Waals surface area contributed by atoms with Crippen LogP contribution >= 0.6 is 0 Å². The van der Waals surface area contributed by atoms with Gasteiger partial charge in [0, 0.05) is 11.2 Å². The Balaban J connectivity index is 1.35. The second-order valence-electron chi connectivity index (χ2n) is 6.33. The van der Waals surface area contributed by atoms with Crippen molar-refractivity contribution in [3.8, 4) is 11.5 Å². The van der Waals surface area contributed by atoms with E-state index >= 15 is 0 Å². The molecule has 0 saturated heterocycles. The van der Waals surface area contributed by atoms with E-state index in [1.54, 1.807) is 18.2 Å². The number of nitrogens with zero attached hydrogens (tertiary/aromatic N) is 1. The maximum Gasteiger partial charge on any atom is 0.283 e. The molecule has 3 aromatic rings. The van der Waals surface area contributed by atoms with Crippen molar-refractivity contribution < 1.29 is 19.1 Å². The molecule has 138 valence electrons. The zero-order valence-corrected chi connectivity index (χ0v) is 14.8. The van der Waals surface area contributed by atoms with Gasteiger partial charge in [-0.25, -0.2) is 0 Å². The number of aryl methyl sites for hydroxylation is 1. The van der Waals surface area contributed by atoms with Crippen LogP contribution in [0.15, 0.2) is 54.6 Å². The number of rotatable bonds is 3. The summed E-state index contributed by atoms with van der Waals surface area (Å²) >= 11 is 0. The summed E-state index contributed by atoms with van der Waals surface area (Å²) < 4.78 is 13.0. The van der Waals surface area contributed by atoms with Crippen LogP contribution in [-0.4, -0.2) is 29.1 Å². The monoisotopic (exact) mass is 365 g/mol. The van der Waals surface area contributed by atoms with Gasteiger partial charge in [-0.2, -0.15) is 0 Å². The van der Waals surface area contributed by atoms with Crippen LogP contribution in [0.5, 0.6) is 11.5 Å². The summed E-state index contributed by atoms with van der Waals surface area (Å²) in [5.74, 6) is 0.307. The number of aromatic nitrogens is 1. The number of fused-ring (bicyclic) bond motifs is 2. The van der Waals surface area contributed by atoms with E-state index in [2.05, 4.69) is 10.9 Å². The molecule has 0 spiro atoms. The average Bonchev–Trinajstić information content (AvgIpc) is 3.01. The number of benzene rings is 2. The van der Waals surface area contributed by atoms with Crippen molar-refractivity contribution in [3.05, 3.63) is 60.3 Å². The smallest absolute Gasteiger partial charge is 0.283 e. The molecular weight excluding hydrogens is 346 g/mol. The van der Waals surface area contributed by atoms with Gasteiger partial charge in [0.25, 0.3) is 11.8 Å². The number of hydrogen-bond donors (Lipinski definition) is 2. The van der Waals surface area contributed by atoms with E-state index in [0.717, 1.165) is 16.6 Å². The highest BCUT2D eigenvalue weighted by atomic mass is 16.6. The van der Waals surface area contributed by atoms with E-state index in [1.807, 2.05) is 47.9 Å². The molecule has 7 nitrogen and oxygen atoms in total. The SMILES string of the molecule is Cc1cc2ccccc2n1CC(=O)NNC(=O)[C@H]1COc2ccccc2O1. The van der Waals surface area contributed by atoms with Crippen molar-refractivity contribution in [1.82, 2.24) is 15.4 Å². The van der Waals surface area contributed by atoms with Crippen LogP contribution in [0.1, 0.15) is 5.69 Å². The molecule has 27 heavy (non-hydrogen) atoms. The third-order valence-electron chi connectivity index (χ3n) is 4.45. The highest BCUT2D eigenvalue weighted by Crippen LogP contribution is 2.30. The third-order valence-corrected chi connectivity index (χ3v) is 4.45. The molecule has 7 heteroatoms. The molecule has 2 N–H and O–H groups in total. The van der Waals surface area contributed by atoms with Gasteiger partial charge in [0.2, 0.25) is 6.10 Å². The predicted molar refractivity (Wildman–Crippen MR) is 99.3 cm³/mol. The van der Waals surface area contributed by atoms with Crippen molar-refractivity contribution >= 4 is 22.7 Å². The highest BCUT2D eigenvalue weighted by molar-refractivity contribution is 5.87. The van der Waals surface area contributed by atoms with Crippen LogP contribution in [0.4, 0.5) is 0 Å². The van der Waals surface area contributed by atoms with Gasteiger partial charge in [0.15, 0.2) is 11.5 Å². The van der Waals surface area contributed by atoms with Gasteiger partial charge in [0.1, 0.15) is 13.2 Å². The normalized spacial score (nSPS) is 15.4. The van der Waals surface area contributed by atoms with Crippen molar-refractivity contribution in [1.29, 1.82) is 0 Å². The molecule has 2 heterocycles. The van der Waals surface area contributed by atoms with Gasteiger partial charge in [-0.15, -0.1) is 0 Å². The Morgan fingerprint density at radius 2 is 1.81 bits per heavy atom. The van der Waals surface area contributed by atoms with Crippen molar-refractivity contribution in [2.45, 2.75) is 19.6 Å². The number of ether oxygens (including phenoxy) is 2. The highest BCUT2D eigenvalue weighted by Gasteiger charge is 2.27. The quantitative estimate of drug-likeness (QED) is 0.695. The van der Waals surface area contributed by atoms with Crippen LogP contribution in [0.2, 0.25) is 0 Å². The van der Waals surface area contributed by atoms with E-state index in [9.17, 15) is 9.59 Å². The molecule has 0 bridgehead atoms. The molecule has 2 aromatic carbocycles. The fourth-order valence-corrected chi connectivity index (χ4v) is 3.10. The fourth-order valence-electron chi connectivity index (χ4n) is 3.10. The molecule has 0 fully saturated rings. The Hall–Kier alpha value is -3.48. The van der Waals surface area contributed by atoms with Crippen molar-refractivity contribution in [3.63, 3.8) is 0 Å². The molecule has 1 aromatic heterocycles. The second-order valence-corrected chi connectivity index (χ2v) is 6.33. The van der Waals surface area contributed by atoms with Gasteiger partial charge in [-0.05, 0) is 36.6 Å². The van der Waals surface area contributed by atoms with E-state index in [-0.39, 0.29) is 19.1 Å². The zero-order valence-electron chi connectivity index (χ0n) is 14.8. The summed E-state index contributed by atoms with van der Waals surface area (Å²) in [6.07, 6.45) is -0.825. The first-order valence-electron chi connectivity index (χ1n) is 8.64. The molecule has 0 radical (unpaired) electrons. The molecule has 1 aliphatic rings. The summed E-state index contributed by atoms with van der Waals surface area (Å²) in [6.45, 7) is 2.13. The lowest BCUT2D eigenvalue weighted by Gasteiger charge is -2.25. The molecule has 0 unspecified atom stereocenters. The van der Waals surface area contributed by atoms with E-state index in [4.69, 9.17) is 9.47 Å². The van der Waals surface area contributed by atoms with Gasteiger partial charge in [0.05, 0.1) is 0 Å². The van der Waals surface area contributed by atoms with Crippen LogP contribution in [-0.2, 0) is 16.1 Å². The number of carbonyl (C=O) groups is 2. The molecule has 0 saturated carbocycles. The Morgan fingerprint density at radius 3 is 2.67 bits per heavy atom. The lowest BCUT2D eigenvalue weighted by molar-refractivity contribution is -0.135. The minimum atomic E-state index is -0.825. The van der Waals surface area contributed by atoms with Crippen LogP contribution < -0.4 is 20.3 Å². The molecule has 4 rings (SSSR count). The summed E-state index contributed by atoms with van der Waals surface area (Å²) in [5, 5.41) is 1.07. The minimum Gasteiger partial charge on any atom is -0.485 e. The second kappa shape index (κ2) is 7.03. The van der Waals surface area contributed by atoms with Crippen molar-refractivity contribution in [2.75, 3.05) is 6.61 Å². The summed E-state index contributed by atoms with van der Waals surface area (Å²) in [6, 6.07) is 17.0. The number of hydrazine groups is 1. The van der Waals surface area contributed by atoms with E-state index < -0.39 is 12.0 Å². The Bertz CT molecular complexity index is 1010. The Morgan fingerprint density at radius 1 is 1.07 bits per heavy atom. The van der Waals surface area contributed by atoms with Gasteiger partial charge < -0.3 is 14.0 Å². The van der Waals surface area contributed by atoms with Crippen LogP contribution in [0, 0.1) is 6.92 Å². The zero-order chi connectivity index (χ0) is 18.8. The summed E-state index contributed by atoms with van der Waals surface area (Å²) in [7, 11) is 0. The maximum atomic E-state index is 12.3. The predicted octanol–water partition coefficient (Wildman–Crippen LogP) is 1.94. The first-order chi connectivity index (χ1) is 13.1. The molecule has 1 aliphatic heterocycles. The number of carbonyl (C=O) groups excluding carboxylic acids is 2. The first-order valence-corrected chi connectivity index (χ1v) is 8.64. The number of amides is 2. The Kier molecular flexibility index (Phi) is 4.42. The molecule has 0 aliphatic carbocycles. The summed E-state index contributed by atoms with van der Waals surface area (Å²) in [5.41, 5.74) is 6.79. The first kappa shape index (κ1) is 17.0. The van der Waals surface area contributed by atoms with Gasteiger partial charge >= 0.3 is 0 Å². The average molecular weight is 365 g/mol. The maximum absolute atomic E-state index is 12.3. The van der Waals surface area contributed by atoms with Crippen molar-refractivity contribution in [2.24, 2.45) is 0 Å². The number of para-hydroxylation sites is 3. The number of nitrogens with one attached hydrogen (secondary N) is 2. The van der Waals surface area contributed by atoms with Crippen LogP contribution in [0.3, 0.4) is 0 Å². The lowest BCUT2D eigenvalue weighted by Crippen LogP contribution is -2.51. The topological polar surface area (TPSA) is 81.6 Å².